The van der Waals surface area contributed by atoms with Crippen molar-refractivity contribution in [2.24, 2.45) is 5.92 Å². The molecule has 0 heterocycles. The van der Waals surface area contributed by atoms with E-state index >= 15 is 0 Å². The Bertz CT molecular complexity index is 796. The minimum Gasteiger partial charge on any atom is -0.494 e. The number of ether oxygens (including phenoxy) is 1. The molecule has 0 aromatic heterocycles. The number of hydrogen-bond acceptors (Lipinski definition) is 4. The summed E-state index contributed by atoms with van der Waals surface area (Å²) in [7, 11) is 0. The maximum Gasteiger partial charge on any atom is 0.308 e. The van der Waals surface area contributed by atoms with E-state index in [9.17, 15) is 19.5 Å². The minimum atomic E-state index is -0.976. The van der Waals surface area contributed by atoms with Gasteiger partial charge in [0.25, 0.3) is 5.91 Å². The summed E-state index contributed by atoms with van der Waals surface area (Å²) in [6.45, 7) is 3.92. The molecule has 1 amide bonds. The molecule has 2 aromatic rings. The maximum atomic E-state index is 12.2. The summed E-state index contributed by atoms with van der Waals surface area (Å²) in [6.07, 6.45) is 0.297. The SMILES string of the molecule is CCOc1ccc(CC(CNC(=O)c2ccc(C(C)=O)cc2)C(=O)O)cc1. The molecule has 6 heteroatoms. The lowest BCUT2D eigenvalue weighted by Gasteiger charge is -2.14. The lowest BCUT2D eigenvalue weighted by molar-refractivity contribution is -0.141. The van der Waals surface area contributed by atoms with Crippen LogP contribution in [0.25, 0.3) is 0 Å². The quantitative estimate of drug-likeness (QED) is 0.663. The largest absolute Gasteiger partial charge is 0.494 e. The number of carboxylic acid groups (broad SMARTS) is 1. The average Bonchev–Trinajstić information content (AvgIpc) is 2.66. The summed E-state index contributed by atoms with van der Waals surface area (Å²) in [5, 5.41) is 12.1. The van der Waals surface area contributed by atoms with Crippen LogP contribution in [0.4, 0.5) is 0 Å². The molecule has 0 saturated carbocycles. The van der Waals surface area contributed by atoms with Crippen LogP contribution in [-0.4, -0.2) is 35.9 Å². The van der Waals surface area contributed by atoms with E-state index in [4.69, 9.17) is 4.74 Å². The van der Waals surface area contributed by atoms with Gasteiger partial charge in [0.1, 0.15) is 5.75 Å². The van der Waals surface area contributed by atoms with Gasteiger partial charge in [0.05, 0.1) is 12.5 Å². The van der Waals surface area contributed by atoms with Crippen LogP contribution in [0, 0.1) is 5.92 Å². The van der Waals surface area contributed by atoms with Gasteiger partial charge in [-0.05, 0) is 50.1 Å². The molecule has 0 aliphatic rings. The summed E-state index contributed by atoms with van der Waals surface area (Å²) in [5.41, 5.74) is 1.75. The number of carbonyl (C=O) groups excluding carboxylic acids is 2. The third-order valence-electron chi connectivity index (χ3n) is 4.13. The smallest absolute Gasteiger partial charge is 0.308 e. The molecule has 2 rings (SSSR count). The van der Waals surface area contributed by atoms with Crippen molar-refractivity contribution in [2.45, 2.75) is 20.3 Å². The van der Waals surface area contributed by atoms with Crippen LogP contribution in [0.3, 0.4) is 0 Å². The predicted octanol–water partition coefficient (Wildman–Crippen LogP) is 2.96. The fraction of sp³-hybridized carbons (Fsp3) is 0.286. The van der Waals surface area contributed by atoms with E-state index in [0.29, 0.717) is 24.2 Å². The Kier molecular flexibility index (Phi) is 7.11. The van der Waals surface area contributed by atoms with Crippen molar-refractivity contribution in [3.05, 3.63) is 65.2 Å². The molecule has 0 radical (unpaired) electrons. The lowest BCUT2D eigenvalue weighted by atomic mass is 9.99. The van der Waals surface area contributed by atoms with Crippen molar-refractivity contribution < 1.29 is 24.2 Å². The second-order valence-electron chi connectivity index (χ2n) is 6.16. The maximum absolute atomic E-state index is 12.2. The fourth-order valence-corrected chi connectivity index (χ4v) is 2.59. The van der Waals surface area contributed by atoms with Gasteiger partial charge in [0.2, 0.25) is 0 Å². The van der Waals surface area contributed by atoms with Gasteiger partial charge in [-0.15, -0.1) is 0 Å². The molecule has 0 spiro atoms. The van der Waals surface area contributed by atoms with Gasteiger partial charge in [-0.2, -0.15) is 0 Å². The first-order chi connectivity index (χ1) is 12.9. The third-order valence-corrected chi connectivity index (χ3v) is 4.13. The molecular formula is C21H23NO5. The molecule has 1 unspecified atom stereocenters. The Morgan fingerprint density at radius 2 is 1.59 bits per heavy atom. The van der Waals surface area contributed by atoms with Crippen molar-refractivity contribution in [1.82, 2.24) is 5.32 Å². The first-order valence-corrected chi connectivity index (χ1v) is 8.74. The molecule has 6 nitrogen and oxygen atoms in total. The molecular weight excluding hydrogens is 346 g/mol. The first-order valence-electron chi connectivity index (χ1n) is 8.74. The molecule has 2 N–H and O–H groups in total. The number of nitrogens with one attached hydrogen (secondary N) is 1. The number of carbonyl (C=O) groups is 3. The molecule has 142 valence electrons. The normalized spacial score (nSPS) is 11.5. The second-order valence-corrected chi connectivity index (χ2v) is 6.16. The van der Waals surface area contributed by atoms with E-state index in [-0.39, 0.29) is 18.2 Å². The van der Waals surface area contributed by atoms with Gasteiger partial charge < -0.3 is 15.2 Å². The zero-order valence-corrected chi connectivity index (χ0v) is 15.4. The predicted molar refractivity (Wildman–Crippen MR) is 101 cm³/mol. The topological polar surface area (TPSA) is 92.7 Å². The van der Waals surface area contributed by atoms with Crippen LogP contribution in [0.5, 0.6) is 5.75 Å². The van der Waals surface area contributed by atoms with Gasteiger partial charge in [0.15, 0.2) is 5.78 Å². The van der Waals surface area contributed by atoms with Crippen LogP contribution in [0.1, 0.15) is 40.1 Å². The molecule has 2 aromatic carbocycles. The van der Waals surface area contributed by atoms with E-state index in [0.717, 1.165) is 11.3 Å². The summed E-state index contributed by atoms with van der Waals surface area (Å²) in [6, 6.07) is 13.5. The third kappa shape index (κ3) is 5.95. The number of Topliss-reactive ketones (excluding diaryl/α,β-unsaturated/α-hetero) is 1. The van der Waals surface area contributed by atoms with Gasteiger partial charge in [-0.3, -0.25) is 14.4 Å². The molecule has 0 bridgehead atoms. The van der Waals surface area contributed by atoms with E-state index < -0.39 is 11.9 Å². The average molecular weight is 369 g/mol. The van der Waals surface area contributed by atoms with E-state index in [1.165, 1.54) is 6.92 Å². The lowest BCUT2D eigenvalue weighted by Crippen LogP contribution is -2.34. The molecule has 0 aliphatic carbocycles. The van der Waals surface area contributed by atoms with Crippen LogP contribution >= 0.6 is 0 Å². The second kappa shape index (κ2) is 9.52. The minimum absolute atomic E-state index is 0.00976. The van der Waals surface area contributed by atoms with Gasteiger partial charge >= 0.3 is 5.97 Å². The number of benzene rings is 2. The highest BCUT2D eigenvalue weighted by Gasteiger charge is 2.19. The number of amides is 1. The Morgan fingerprint density at radius 1 is 1.00 bits per heavy atom. The Balaban J connectivity index is 1.96. The van der Waals surface area contributed by atoms with Crippen LogP contribution < -0.4 is 10.1 Å². The van der Waals surface area contributed by atoms with Gasteiger partial charge in [0, 0.05) is 17.7 Å². The zero-order chi connectivity index (χ0) is 19.8. The number of rotatable bonds is 9. The summed E-state index contributed by atoms with van der Waals surface area (Å²) >= 11 is 0. The first kappa shape index (κ1) is 20.2. The van der Waals surface area contributed by atoms with Crippen LogP contribution in [0.15, 0.2) is 48.5 Å². The van der Waals surface area contributed by atoms with E-state index in [2.05, 4.69) is 5.32 Å². The van der Waals surface area contributed by atoms with Crippen molar-refractivity contribution in [2.75, 3.05) is 13.2 Å². The number of aliphatic carboxylic acids is 1. The monoisotopic (exact) mass is 369 g/mol. The van der Waals surface area contributed by atoms with Crippen molar-refractivity contribution in [3.63, 3.8) is 0 Å². The Labute approximate surface area is 158 Å². The number of hydrogen-bond donors (Lipinski definition) is 2. The molecule has 27 heavy (non-hydrogen) atoms. The molecule has 0 saturated heterocycles. The standard InChI is InChI=1S/C21H23NO5/c1-3-27-19-10-4-15(5-11-19)12-18(21(25)26)13-22-20(24)17-8-6-16(7-9-17)14(2)23/h4-11,18H,3,12-13H2,1-2H3,(H,22,24)(H,25,26). The molecule has 0 fully saturated rings. The molecule has 0 aliphatic heterocycles. The van der Waals surface area contributed by atoms with Crippen LogP contribution in [0.2, 0.25) is 0 Å². The highest BCUT2D eigenvalue weighted by molar-refractivity contribution is 5.97. The van der Waals surface area contributed by atoms with Crippen molar-refractivity contribution in [3.8, 4) is 5.75 Å². The van der Waals surface area contributed by atoms with Crippen LogP contribution in [-0.2, 0) is 11.2 Å². The summed E-state index contributed by atoms with van der Waals surface area (Å²) in [4.78, 5) is 35.0. The van der Waals surface area contributed by atoms with Gasteiger partial charge in [-0.1, -0.05) is 24.3 Å². The number of ketones is 1. The number of carboxylic acids is 1. The Hall–Kier alpha value is -3.15. The highest BCUT2D eigenvalue weighted by Crippen LogP contribution is 2.15. The van der Waals surface area contributed by atoms with E-state index in [1.54, 1.807) is 36.4 Å². The summed E-state index contributed by atoms with van der Waals surface area (Å²) in [5.74, 6) is -1.44. The van der Waals surface area contributed by atoms with Gasteiger partial charge in [-0.25, -0.2) is 0 Å². The van der Waals surface area contributed by atoms with E-state index in [1.807, 2.05) is 19.1 Å². The van der Waals surface area contributed by atoms with Crippen molar-refractivity contribution in [1.29, 1.82) is 0 Å². The highest BCUT2D eigenvalue weighted by atomic mass is 16.5. The zero-order valence-electron chi connectivity index (χ0n) is 15.4. The van der Waals surface area contributed by atoms with Crippen molar-refractivity contribution >= 4 is 17.7 Å². The molecule has 1 atom stereocenters. The summed E-state index contributed by atoms with van der Waals surface area (Å²) < 4.78 is 5.37. The Morgan fingerprint density at radius 3 is 2.11 bits per heavy atom. The fourth-order valence-electron chi connectivity index (χ4n) is 2.59.